The van der Waals surface area contributed by atoms with Crippen molar-refractivity contribution in [2.75, 3.05) is 49.1 Å². The van der Waals surface area contributed by atoms with E-state index in [9.17, 15) is 9.59 Å². The molecule has 2 aliphatic rings. The van der Waals surface area contributed by atoms with Crippen molar-refractivity contribution in [3.05, 3.63) is 130 Å². The van der Waals surface area contributed by atoms with Gasteiger partial charge in [-0.05, 0) is 101 Å². The number of oxazole rings is 2. The first kappa shape index (κ1) is 49.6. The summed E-state index contributed by atoms with van der Waals surface area (Å²) in [5.41, 5.74) is 6.89. The summed E-state index contributed by atoms with van der Waals surface area (Å²) in [6.07, 6.45) is 8.12. The number of benzene rings is 4. The van der Waals surface area contributed by atoms with Crippen LogP contribution in [0.15, 0.2) is 106 Å². The molecule has 19 heteroatoms. The molecule has 10 rings (SSSR count). The zero-order chi connectivity index (χ0) is 45.6. The summed E-state index contributed by atoms with van der Waals surface area (Å²) >= 11 is 12.0. The molecule has 0 unspecified atom stereocenters. The number of halogens is 2. The van der Waals surface area contributed by atoms with Gasteiger partial charge in [-0.2, -0.15) is 40.0 Å². The van der Waals surface area contributed by atoms with Crippen LogP contribution in [0.4, 0.5) is 12.0 Å². The molecule has 2 N–H and O–H groups in total. The quantitative estimate of drug-likeness (QED) is 0.160. The van der Waals surface area contributed by atoms with Crippen molar-refractivity contribution in [1.29, 1.82) is 0 Å². The molecule has 0 bridgehead atoms. The summed E-state index contributed by atoms with van der Waals surface area (Å²) in [6.45, 7) is 12.9. The van der Waals surface area contributed by atoms with Crippen LogP contribution in [0.3, 0.4) is 0 Å². The number of amides is 1. The van der Waals surface area contributed by atoms with Crippen molar-refractivity contribution < 1.29 is 23.5 Å². The number of nitrogens with zero attached hydrogens (tertiary/aromatic N) is 11. The average Bonchev–Trinajstić information content (AvgIpc) is 4.12. The highest BCUT2D eigenvalue weighted by Gasteiger charge is 2.29. The first-order chi connectivity index (χ1) is 31.4. The van der Waals surface area contributed by atoms with E-state index in [1.165, 1.54) is 22.0 Å². The molecule has 4 aromatic heterocycles. The van der Waals surface area contributed by atoms with Crippen LogP contribution < -0.4 is 15.1 Å². The van der Waals surface area contributed by atoms with Crippen molar-refractivity contribution >= 4 is 69.3 Å². The SMILES string of the molecule is C.C.C[C@@H]1CCN(c2nc3cc(Cl)ccc3o2)CCN1.Cc1ccc(-n2nccn2)c(C(=O)N2CCN(c3nc4cc(Cl)ccc4o3)CC[C@H]2C)c1.Cc1ccc(-n2nccn2)c(C(=O)O)c1. The third-order valence-electron chi connectivity index (χ3n) is 11.2. The van der Waals surface area contributed by atoms with Gasteiger partial charge in [0.25, 0.3) is 17.9 Å². The highest BCUT2D eigenvalue weighted by molar-refractivity contribution is 6.31. The van der Waals surface area contributed by atoms with Crippen LogP contribution in [0.1, 0.15) is 73.4 Å². The van der Waals surface area contributed by atoms with Gasteiger partial charge in [-0.15, -0.1) is 0 Å². The maximum Gasteiger partial charge on any atom is 0.337 e. The summed E-state index contributed by atoms with van der Waals surface area (Å²) < 4.78 is 11.7. The van der Waals surface area contributed by atoms with E-state index in [-0.39, 0.29) is 32.4 Å². The average molecular weight is 952 g/mol. The van der Waals surface area contributed by atoms with Gasteiger partial charge in [0.15, 0.2) is 11.2 Å². The lowest BCUT2D eigenvalue weighted by molar-refractivity contribution is 0.0690. The molecule has 2 aliphatic heterocycles. The molecule has 0 spiro atoms. The van der Waals surface area contributed by atoms with Crippen molar-refractivity contribution in [2.24, 2.45) is 0 Å². The van der Waals surface area contributed by atoms with Gasteiger partial charge in [-0.3, -0.25) is 4.79 Å². The number of carboxylic acids is 1. The molecule has 1 amide bonds. The molecule has 2 atom stereocenters. The van der Waals surface area contributed by atoms with Gasteiger partial charge in [-0.25, -0.2) is 4.79 Å². The Morgan fingerprint density at radius 1 is 0.642 bits per heavy atom. The maximum absolute atomic E-state index is 13.6. The van der Waals surface area contributed by atoms with Gasteiger partial charge in [-0.1, -0.05) is 61.3 Å². The summed E-state index contributed by atoms with van der Waals surface area (Å²) in [7, 11) is 0. The van der Waals surface area contributed by atoms with E-state index in [1.807, 2.05) is 67.3 Å². The Morgan fingerprint density at radius 3 is 1.67 bits per heavy atom. The van der Waals surface area contributed by atoms with Gasteiger partial charge < -0.3 is 34.0 Å². The Balaban J connectivity index is 0.000000179. The molecule has 2 fully saturated rings. The summed E-state index contributed by atoms with van der Waals surface area (Å²) in [5, 5.41) is 30.0. The molecule has 352 valence electrons. The number of carbonyl (C=O) groups excluding carboxylic acids is 1. The van der Waals surface area contributed by atoms with Crippen LogP contribution in [0, 0.1) is 13.8 Å². The third-order valence-corrected chi connectivity index (χ3v) is 11.6. The molecule has 67 heavy (non-hydrogen) atoms. The number of rotatable bonds is 6. The Hall–Kier alpha value is -6.82. The van der Waals surface area contributed by atoms with E-state index in [0.717, 1.165) is 66.8 Å². The van der Waals surface area contributed by atoms with Crippen molar-refractivity contribution in [3.63, 3.8) is 0 Å². The smallest absolute Gasteiger partial charge is 0.337 e. The second-order valence-corrected chi connectivity index (χ2v) is 16.8. The van der Waals surface area contributed by atoms with E-state index in [0.29, 0.717) is 63.7 Å². The molecule has 2 saturated heterocycles. The van der Waals surface area contributed by atoms with Crippen LogP contribution in [0.25, 0.3) is 33.6 Å². The number of aromatic nitrogens is 8. The van der Waals surface area contributed by atoms with Crippen LogP contribution in [0.2, 0.25) is 10.0 Å². The number of carboxylic acid groups (broad SMARTS) is 1. The topological polar surface area (TPSA) is 190 Å². The molecule has 0 radical (unpaired) electrons. The van der Waals surface area contributed by atoms with E-state index in [1.54, 1.807) is 36.7 Å². The zero-order valence-corrected chi connectivity index (χ0v) is 37.8. The van der Waals surface area contributed by atoms with Crippen LogP contribution >= 0.6 is 23.2 Å². The molecular formula is C48H56Cl2N12O5. The van der Waals surface area contributed by atoms with Gasteiger partial charge in [0.1, 0.15) is 16.7 Å². The Bertz CT molecular complexity index is 2900. The van der Waals surface area contributed by atoms with Crippen LogP contribution in [-0.4, -0.2) is 113 Å². The Labute approximate surface area is 399 Å². The molecule has 4 aromatic carbocycles. The van der Waals surface area contributed by atoms with Crippen molar-refractivity contribution in [3.8, 4) is 11.4 Å². The number of fused-ring (bicyclic) bond motifs is 2. The molecule has 8 aromatic rings. The fraction of sp³-hybridized carbons (Fsp3) is 0.333. The Kier molecular flexibility index (Phi) is 16.4. The zero-order valence-electron chi connectivity index (χ0n) is 36.3. The minimum atomic E-state index is -0.981. The number of hydrogen-bond acceptors (Lipinski definition) is 13. The fourth-order valence-electron chi connectivity index (χ4n) is 7.63. The molecule has 17 nitrogen and oxygen atoms in total. The number of aromatic carboxylic acids is 1. The predicted molar refractivity (Wildman–Crippen MR) is 262 cm³/mol. The lowest BCUT2D eigenvalue weighted by Crippen LogP contribution is -2.40. The van der Waals surface area contributed by atoms with E-state index >= 15 is 0 Å². The Morgan fingerprint density at radius 2 is 1.13 bits per heavy atom. The lowest BCUT2D eigenvalue weighted by Gasteiger charge is -2.27. The fourth-order valence-corrected chi connectivity index (χ4v) is 7.96. The lowest BCUT2D eigenvalue weighted by atomic mass is 10.1. The molecule has 0 saturated carbocycles. The molecule has 0 aliphatic carbocycles. The summed E-state index contributed by atoms with van der Waals surface area (Å²) in [6, 6.07) is 23.7. The molecule has 6 heterocycles. The van der Waals surface area contributed by atoms with E-state index in [2.05, 4.69) is 59.3 Å². The summed E-state index contributed by atoms with van der Waals surface area (Å²) in [4.78, 5) is 42.7. The first-order valence-electron chi connectivity index (χ1n) is 21.2. The first-order valence-corrected chi connectivity index (χ1v) is 22.0. The second-order valence-electron chi connectivity index (χ2n) is 16.0. The third kappa shape index (κ3) is 11.8. The second kappa shape index (κ2) is 22.1. The highest BCUT2D eigenvalue weighted by atomic mass is 35.5. The standard InChI is InChI=1S/C23H23ClN6O2.C13H16ClN3O.C10H9N3O2.2CH4/c1-15-3-5-20(30-25-8-9-26-30)18(13-15)22(31)29-12-11-28(10-7-16(29)2)23-27-19-14-17(24)4-6-21(19)32-23;1-9-4-6-17(7-5-15-9)13-16-11-8-10(14)2-3-12(11)18-13;1-7-2-3-9(8(6-7)10(14)15)13-11-4-5-12-13;;/h3-6,8-9,13-14,16H,7,10-12H2,1-2H3;2-3,8-9,15H,4-7H2,1H3;2-6H,1H3,(H,14,15);2*1H4/t16-;9-;;;/m11.../s1. The van der Waals surface area contributed by atoms with Crippen LogP contribution in [-0.2, 0) is 0 Å². The maximum atomic E-state index is 13.6. The van der Waals surface area contributed by atoms with Gasteiger partial charge in [0, 0.05) is 61.4 Å². The number of anilines is 2. The van der Waals surface area contributed by atoms with Gasteiger partial charge in [0.2, 0.25) is 0 Å². The largest absolute Gasteiger partial charge is 0.478 e. The monoisotopic (exact) mass is 950 g/mol. The minimum Gasteiger partial charge on any atom is -0.478 e. The predicted octanol–water partition coefficient (Wildman–Crippen LogP) is 9.33. The van der Waals surface area contributed by atoms with E-state index in [4.69, 9.17) is 37.1 Å². The number of nitrogens with one attached hydrogen (secondary N) is 1. The van der Waals surface area contributed by atoms with Crippen LogP contribution in [0.5, 0.6) is 0 Å². The van der Waals surface area contributed by atoms with Gasteiger partial charge >= 0.3 is 5.97 Å². The van der Waals surface area contributed by atoms with E-state index < -0.39 is 5.97 Å². The minimum absolute atomic E-state index is 0. The van der Waals surface area contributed by atoms with Crippen molar-refractivity contribution in [1.82, 2.24) is 50.2 Å². The number of carbonyl (C=O) groups is 2. The molecular weight excluding hydrogens is 896 g/mol. The normalized spacial score (nSPS) is 16.1. The summed E-state index contributed by atoms with van der Waals surface area (Å²) in [5.74, 6) is -1.01. The number of aryl methyl sites for hydroxylation is 2. The van der Waals surface area contributed by atoms with Crippen molar-refractivity contribution in [2.45, 2.75) is 67.5 Å². The highest BCUT2D eigenvalue weighted by Crippen LogP contribution is 2.28. The van der Waals surface area contributed by atoms with Gasteiger partial charge in [0.05, 0.1) is 41.6 Å². The number of hydrogen-bond donors (Lipinski definition) is 2.